The smallest absolute Gasteiger partial charge is 0.291 e. The molecule has 11 heteroatoms. The molecule has 1 aliphatic heterocycles. The van der Waals surface area contributed by atoms with Gasteiger partial charge in [0.1, 0.15) is 5.44 Å². The number of allylic oxidation sites excluding steroid dienone is 2. The number of carbonyl (C=O) groups excluding carboxylic acids is 3. The lowest BCUT2D eigenvalue weighted by atomic mass is 9.95. The number of anilines is 1. The molecular formula is C35H38N4O6S. The Labute approximate surface area is 271 Å². The predicted molar refractivity (Wildman–Crippen MR) is 176 cm³/mol. The van der Waals surface area contributed by atoms with E-state index in [1.165, 1.54) is 18.0 Å². The zero-order valence-electron chi connectivity index (χ0n) is 26.0. The summed E-state index contributed by atoms with van der Waals surface area (Å²) in [5.74, 6) is 5.72. The lowest BCUT2D eigenvalue weighted by Gasteiger charge is -2.28. The molecular weight excluding hydrogens is 604 g/mol. The fraction of sp³-hybridized carbons (Fsp3) is 0.371. The average molecular weight is 643 g/mol. The molecule has 1 aliphatic carbocycles. The third-order valence-electron chi connectivity index (χ3n) is 7.89. The summed E-state index contributed by atoms with van der Waals surface area (Å²) in [4.78, 5) is 44.3. The number of furan rings is 1. The Hall–Kier alpha value is -4.37. The monoisotopic (exact) mass is 642 g/mol. The van der Waals surface area contributed by atoms with Crippen LogP contribution < -0.4 is 5.32 Å². The van der Waals surface area contributed by atoms with Crippen molar-refractivity contribution < 1.29 is 28.6 Å². The molecule has 1 fully saturated rings. The molecule has 1 aromatic carbocycles. The second kappa shape index (κ2) is 15.8. The molecule has 0 saturated carbocycles. The van der Waals surface area contributed by atoms with Crippen molar-refractivity contribution in [2.75, 3.05) is 31.6 Å². The number of amides is 3. The van der Waals surface area contributed by atoms with Gasteiger partial charge < -0.3 is 24.5 Å². The Morgan fingerprint density at radius 2 is 1.96 bits per heavy atom. The summed E-state index contributed by atoms with van der Waals surface area (Å²) in [5, 5.41) is 13.4. The molecule has 3 aromatic rings. The van der Waals surface area contributed by atoms with E-state index in [-0.39, 0.29) is 22.8 Å². The molecule has 3 amide bonds. The summed E-state index contributed by atoms with van der Waals surface area (Å²) in [6.45, 7) is 5.97. The number of aliphatic hydroxyl groups excluding tert-OH is 1. The summed E-state index contributed by atoms with van der Waals surface area (Å²) in [7, 11) is -0.893. The summed E-state index contributed by atoms with van der Waals surface area (Å²) >= 11 is 0. The van der Waals surface area contributed by atoms with E-state index in [4.69, 9.17) is 9.15 Å². The van der Waals surface area contributed by atoms with Crippen LogP contribution in [0.4, 0.5) is 5.69 Å². The molecule has 2 aliphatic rings. The fourth-order valence-electron chi connectivity index (χ4n) is 5.36. The molecule has 1 saturated heterocycles. The first-order valence-corrected chi connectivity index (χ1v) is 16.7. The van der Waals surface area contributed by atoms with Gasteiger partial charge in [-0.05, 0) is 69.9 Å². The van der Waals surface area contributed by atoms with Gasteiger partial charge in [-0.25, -0.2) is 0 Å². The summed E-state index contributed by atoms with van der Waals surface area (Å²) in [6, 6.07) is 10.5. The minimum absolute atomic E-state index is 0.0445. The van der Waals surface area contributed by atoms with E-state index >= 15 is 0 Å². The van der Waals surface area contributed by atoms with E-state index in [0.717, 1.165) is 24.8 Å². The number of morpholine rings is 1. The molecule has 3 heterocycles. The lowest BCUT2D eigenvalue weighted by molar-refractivity contribution is -0.135. The van der Waals surface area contributed by atoms with Gasteiger partial charge in [-0.15, -0.1) is 0 Å². The number of nitrogens with one attached hydrogen (secondary N) is 1. The number of hydrogen-bond donors (Lipinski definition) is 2. The topological polar surface area (TPSA) is 134 Å². The van der Waals surface area contributed by atoms with Crippen molar-refractivity contribution in [2.24, 2.45) is 4.36 Å². The van der Waals surface area contributed by atoms with E-state index in [1.54, 1.807) is 50.4 Å². The predicted octanol–water partition coefficient (Wildman–Crippen LogP) is 5.03. The Balaban J connectivity index is 1.21. The molecule has 0 radical (unpaired) electrons. The van der Waals surface area contributed by atoms with Crippen LogP contribution >= 0.6 is 0 Å². The Morgan fingerprint density at radius 1 is 1.15 bits per heavy atom. The minimum Gasteiger partial charge on any atom is -0.459 e. The third-order valence-corrected chi connectivity index (χ3v) is 10.1. The highest BCUT2D eigenvalue weighted by Gasteiger charge is 2.24. The average Bonchev–Trinajstić information content (AvgIpc) is 3.52. The SMILES string of the molecule is Cc1ccoc1C(=O)Nc1cccc(C#Cc2cncc(C(=O)N=S(C(C)O)C3CC=C(CCC(=O)N4CCOCC4)CC3)c2)c1. The van der Waals surface area contributed by atoms with Gasteiger partial charge in [-0.1, -0.05) is 40.2 Å². The Bertz CT molecular complexity index is 1710. The maximum atomic E-state index is 13.2. The van der Waals surface area contributed by atoms with Gasteiger partial charge in [-0.2, -0.15) is 4.36 Å². The van der Waals surface area contributed by atoms with E-state index in [1.807, 2.05) is 11.0 Å². The number of benzene rings is 1. The second-order valence-electron chi connectivity index (χ2n) is 11.3. The third kappa shape index (κ3) is 8.88. The van der Waals surface area contributed by atoms with E-state index in [9.17, 15) is 19.5 Å². The van der Waals surface area contributed by atoms with Gasteiger partial charge in [0.05, 0.1) is 25.0 Å². The number of aliphatic hydroxyl groups is 1. The van der Waals surface area contributed by atoms with Gasteiger partial charge >= 0.3 is 0 Å². The Kier molecular flexibility index (Phi) is 11.3. The van der Waals surface area contributed by atoms with Gasteiger partial charge in [0.2, 0.25) is 5.91 Å². The molecule has 3 unspecified atom stereocenters. The van der Waals surface area contributed by atoms with Crippen molar-refractivity contribution in [3.63, 3.8) is 0 Å². The van der Waals surface area contributed by atoms with Crippen LogP contribution in [0, 0.1) is 18.8 Å². The van der Waals surface area contributed by atoms with E-state index in [2.05, 4.69) is 32.6 Å². The van der Waals surface area contributed by atoms with Gasteiger partial charge in [-0.3, -0.25) is 19.4 Å². The number of ether oxygens (including phenoxy) is 1. The fourth-order valence-corrected chi connectivity index (χ4v) is 7.17. The lowest BCUT2D eigenvalue weighted by Crippen LogP contribution is -2.40. The van der Waals surface area contributed by atoms with Gasteiger partial charge in [0, 0.05) is 59.5 Å². The molecule has 0 bridgehead atoms. The number of rotatable bonds is 8. The normalized spacial score (nSPS) is 17.8. The summed E-state index contributed by atoms with van der Waals surface area (Å²) in [6.07, 6.45) is 10.2. The zero-order chi connectivity index (χ0) is 32.5. The van der Waals surface area contributed by atoms with Crippen LogP contribution in [0.25, 0.3) is 0 Å². The molecule has 2 aromatic heterocycles. The van der Waals surface area contributed by atoms with Crippen LogP contribution in [0.5, 0.6) is 0 Å². The first kappa shape index (κ1) is 33.0. The first-order chi connectivity index (χ1) is 22.3. The second-order valence-corrected chi connectivity index (χ2v) is 13.5. The first-order valence-electron chi connectivity index (χ1n) is 15.4. The van der Waals surface area contributed by atoms with E-state index < -0.39 is 22.0 Å². The van der Waals surface area contributed by atoms with Crippen LogP contribution in [0.1, 0.15) is 76.6 Å². The molecule has 46 heavy (non-hydrogen) atoms. The number of pyridine rings is 1. The number of aromatic nitrogens is 1. The number of nitrogens with zero attached hydrogens (tertiary/aromatic N) is 3. The zero-order valence-corrected chi connectivity index (χ0v) is 26.8. The summed E-state index contributed by atoms with van der Waals surface area (Å²) < 4.78 is 15.0. The molecule has 2 N–H and O–H groups in total. The number of aryl methyl sites for hydroxylation is 1. The molecule has 0 spiro atoms. The molecule has 10 nitrogen and oxygen atoms in total. The highest BCUT2D eigenvalue weighted by Crippen LogP contribution is 2.28. The highest BCUT2D eigenvalue weighted by atomic mass is 32.2. The van der Waals surface area contributed by atoms with Crippen LogP contribution in [0.3, 0.4) is 0 Å². The van der Waals surface area contributed by atoms with Crippen LogP contribution in [0.15, 0.2) is 75.5 Å². The number of carbonyl (C=O) groups is 3. The van der Waals surface area contributed by atoms with Crippen LogP contribution in [0.2, 0.25) is 0 Å². The largest absolute Gasteiger partial charge is 0.459 e. The quantitative estimate of drug-likeness (QED) is 0.260. The van der Waals surface area contributed by atoms with Crippen LogP contribution in [-0.2, 0) is 20.2 Å². The van der Waals surface area contributed by atoms with Gasteiger partial charge in [0.25, 0.3) is 11.8 Å². The number of hydrogen-bond acceptors (Lipinski definition) is 7. The highest BCUT2D eigenvalue weighted by molar-refractivity contribution is 7.88. The van der Waals surface area contributed by atoms with Crippen molar-refractivity contribution in [3.05, 3.63) is 94.7 Å². The van der Waals surface area contributed by atoms with Crippen molar-refractivity contribution in [1.82, 2.24) is 9.88 Å². The van der Waals surface area contributed by atoms with E-state index in [0.29, 0.717) is 61.5 Å². The molecule has 3 atom stereocenters. The van der Waals surface area contributed by atoms with Crippen LogP contribution in [-0.4, -0.2) is 69.7 Å². The maximum absolute atomic E-state index is 13.2. The van der Waals surface area contributed by atoms with Crippen molar-refractivity contribution >= 4 is 34.1 Å². The molecule has 240 valence electrons. The maximum Gasteiger partial charge on any atom is 0.291 e. The Morgan fingerprint density at radius 3 is 2.67 bits per heavy atom. The standard InChI is InChI=1S/C35H38N4O6S/c1-24-14-17-45-33(24)35(43)37-30-5-3-4-27(21-30)6-7-28-20-29(23-36-22-28)34(42)38-46(25(2)40)31-11-8-26(9-12-31)10-13-32(41)39-15-18-44-19-16-39/h3-5,8,14,17,20-23,25,31,40H,9-13,15-16,18-19H2,1-2H3,(H,37,43). The van der Waals surface area contributed by atoms with Crippen molar-refractivity contribution in [2.45, 2.75) is 56.6 Å². The molecule has 5 rings (SSSR count). The van der Waals surface area contributed by atoms with Gasteiger partial charge in [0.15, 0.2) is 5.76 Å². The minimum atomic E-state index is -0.893. The van der Waals surface area contributed by atoms with Crippen molar-refractivity contribution in [1.29, 1.82) is 0 Å². The van der Waals surface area contributed by atoms with Crippen molar-refractivity contribution in [3.8, 4) is 11.8 Å². The summed E-state index contributed by atoms with van der Waals surface area (Å²) in [5.41, 5.74) is 3.30.